The van der Waals surface area contributed by atoms with Crippen molar-refractivity contribution in [1.82, 2.24) is 10.2 Å². The summed E-state index contributed by atoms with van der Waals surface area (Å²) < 4.78 is 17.4. The average molecular weight is 359 g/mol. The highest BCUT2D eigenvalue weighted by Gasteiger charge is 2.39. The van der Waals surface area contributed by atoms with Gasteiger partial charge in [0.25, 0.3) is 5.91 Å². The van der Waals surface area contributed by atoms with Crippen LogP contribution in [0.1, 0.15) is 33.6 Å². The maximum absolute atomic E-state index is 11.7. The van der Waals surface area contributed by atoms with Crippen LogP contribution in [0.3, 0.4) is 0 Å². The second-order valence-electron chi connectivity index (χ2n) is 5.47. The zero-order valence-electron chi connectivity index (χ0n) is 15.1. The predicted molar refractivity (Wildman–Crippen MR) is 93.4 cm³/mol. The number of hydrogen-bond acceptors (Lipinski definition) is 6. The summed E-state index contributed by atoms with van der Waals surface area (Å²) in [7, 11) is -2.58. The van der Waals surface area contributed by atoms with E-state index in [0.29, 0.717) is 38.5 Å². The Labute approximate surface area is 145 Å². The Bertz CT molecular complexity index is 427. The van der Waals surface area contributed by atoms with E-state index in [-0.39, 0.29) is 18.2 Å². The Hall–Kier alpha value is -1.06. The van der Waals surface area contributed by atoms with Crippen LogP contribution in [0.25, 0.3) is 0 Å². The minimum Gasteiger partial charge on any atom is -0.374 e. The van der Waals surface area contributed by atoms with Gasteiger partial charge in [0.1, 0.15) is 0 Å². The molecule has 1 aliphatic rings. The van der Waals surface area contributed by atoms with Crippen LogP contribution in [0.5, 0.6) is 0 Å². The van der Waals surface area contributed by atoms with Crippen molar-refractivity contribution in [2.24, 2.45) is 0 Å². The molecule has 0 bridgehead atoms. The smallest absolute Gasteiger partial charge is 0.374 e. The molecule has 2 amide bonds. The normalized spacial score (nSPS) is 15.6. The summed E-state index contributed by atoms with van der Waals surface area (Å²) in [5.41, 5.74) is 0.376. The molecule has 0 atom stereocenters. The predicted octanol–water partition coefficient (Wildman–Crippen LogP) is 1.33. The lowest BCUT2D eigenvalue weighted by atomic mass is 10.3. The van der Waals surface area contributed by atoms with Crippen LogP contribution in [0.4, 0.5) is 0 Å². The van der Waals surface area contributed by atoms with Crippen molar-refractivity contribution in [2.45, 2.75) is 39.7 Å². The lowest BCUT2D eigenvalue weighted by Crippen LogP contribution is -2.46. The van der Waals surface area contributed by atoms with Crippen molar-refractivity contribution >= 4 is 20.6 Å². The number of rotatable bonds is 13. The van der Waals surface area contributed by atoms with Crippen molar-refractivity contribution in [3.05, 3.63) is 12.2 Å². The summed E-state index contributed by atoms with van der Waals surface area (Å²) in [6, 6.07) is 0.744. The Kier molecular flexibility index (Phi) is 9.38. The molecule has 24 heavy (non-hydrogen) atoms. The van der Waals surface area contributed by atoms with Crippen LogP contribution < -0.4 is 5.32 Å². The summed E-state index contributed by atoms with van der Waals surface area (Å²) in [5, 5.41) is 3.25. The Balaban J connectivity index is 2.29. The highest BCUT2D eigenvalue weighted by Crippen LogP contribution is 2.18. The highest BCUT2D eigenvalue weighted by atomic mass is 28.4. The number of amides is 2. The molecule has 0 saturated carbocycles. The molecule has 0 unspecified atom stereocenters. The topological polar surface area (TPSA) is 77.1 Å². The molecule has 138 valence electrons. The molecular weight excluding hydrogens is 328 g/mol. The molecule has 0 radical (unpaired) electrons. The SMILES string of the molecule is C=C1CC(=O)N(CCNCCC[Si](OCC)(OCC)OCC)C1=O. The molecule has 0 aliphatic carbocycles. The van der Waals surface area contributed by atoms with Crippen molar-refractivity contribution in [2.75, 3.05) is 39.5 Å². The quantitative estimate of drug-likeness (QED) is 0.232. The van der Waals surface area contributed by atoms with E-state index >= 15 is 0 Å². The van der Waals surface area contributed by atoms with Gasteiger partial charge in [-0.2, -0.15) is 0 Å². The fraction of sp³-hybridized carbons (Fsp3) is 0.750. The van der Waals surface area contributed by atoms with E-state index in [1.807, 2.05) is 20.8 Å². The summed E-state index contributed by atoms with van der Waals surface area (Å²) in [4.78, 5) is 24.6. The molecule has 0 aromatic carbocycles. The number of carbonyl (C=O) groups excluding carboxylic acids is 2. The van der Waals surface area contributed by atoms with Crippen molar-refractivity contribution in [3.8, 4) is 0 Å². The average Bonchev–Trinajstić information content (AvgIpc) is 2.77. The van der Waals surface area contributed by atoms with E-state index in [9.17, 15) is 9.59 Å². The minimum atomic E-state index is -2.58. The first-order chi connectivity index (χ1) is 11.5. The number of nitrogens with zero attached hydrogens (tertiary/aromatic N) is 1. The number of likely N-dealkylation sites (tertiary alicyclic amines) is 1. The number of carbonyl (C=O) groups is 2. The third-order valence-corrected chi connectivity index (χ3v) is 6.81. The van der Waals surface area contributed by atoms with Crippen LogP contribution in [0, 0.1) is 0 Å². The maximum Gasteiger partial charge on any atom is 0.500 e. The van der Waals surface area contributed by atoms with Crippen LogP contribution >= 0.6 is 0 Å². The maximum atomic E-state index is 11.7. The summed E-state index contributed by atoms with van der Waals surface area (Å²) in [5.74, 6) is -0.417. The van der Waals surface area contributed by atoms with Gasteiger partial charge in [-0.3, -0.25) is 14.5 Å². The monoisotopic (exact) mass is 358 g/mol. The van der Waals surface area contributed by atoms with Crippen LogP contribution in [-0.4, -0.2) is 65.0 Å². The highest BCUT2D eigenvalue weighted by molar-refractivity contribution is 6.60. The molecule has 1 aliphatic heterocycles. The molecule has 7 nitrogen and oxygen atoms in total. The van der Waals surface area contributed by atoms with Crippen LogP contribution in [-0.2, 0) is 22.9 Å². The van der Waals surface area contributed by atoms with Gasteiger partial charge in [0.05, 0.1) is 6.42 Å². The molecule has 1 fully saturated rings. The first kappa shape index (κ1) is 21.0. The fourth-order valence-electron chi connectivity index (χ4n) is 2.63. The zero-order chi connectivity index (χ0) is 18.0. The van der Waals surface area contributed by atoms with Gasteiger partial charge in [-0.25, -0.2) is 0 Å². The third kappa shape index (κ3) is 6.10. The van der Waals surface area contributed by atoms with Gasteiger partial charge in [-0.1, -0.05) is 6.58 Å². The van der Waals surface area contributed by atoms with E-state index in [1.165, 1.54) is 4.90 Å². The second kappa shape index (κ2) is 10.7. The molecule has 0 aromatic rings. The lowest BCUT2D eigenvalue weighted by Gasteiger charge is -2.28. The summed E-state index contributed by atoms with van der Waals surface area (Å²) >= 11 is 0. The van der Waals surface area contributed by atoms with Gasteiger partial charge >= 0.3 is 8.80 Å². The van der Waals surface area contributed by atoms with Crippen molar-refractivity contribution < 1.29 is 22.9 Å². The first-order valence-corrected chi connectivity index (χ1v) is 10.6. The molecule has 1 rings (SSSR count). The standard InChI is InChI=1S/C16H30N2O5Si/c1-5-21-24(22-6-2,23-7-3)12-8-9-17-10-11-18-15(19)13-14(4)16(18)20/h17H,4-13H2,1-3H3. The number of imide groups is 1. The number of nitrogens with one attached hydrogen (secondary N) is 1. The van der Waals surface area contributed by atoms with E-state index < -0.39 is 8.80 Å². The van der Waals surface area contributed by atoms with Crippen LogP contribution in [0.2, 0.25) is 6.04 Å². The molecule has 1 heterocycles. The molecule has 0 aromatic heterocycles. The minimum absolute atomic E-state index is 0.143. The van der Waals surface area contributed by atoms with E-state index in [1.54, 1.807) is 0 Å². The van der Waals surface area contributed by atoms with Gasteiger partial charge in [0.15, 0.2) is 0 Å². The van der Waals surface area contributed by atoms with Gasteiger partial charge < -0.3 is 18.6 Å². The molecule has 8 heteroatoms. The Morgan fingerprint density at radius 2 is 1.67 bits per heavy atom. The lowest BCUT2D eigenvalue weighted by molar-refractivity contribution is -0.137. The van der Waals surface area contributed by atoms with Crippen molar-refractivity contribution in [3.63, 3.8) is 0 Å². The Morgan fingerprint density at radius 3 is 2.12 bits per heavy atom. The molecular formula is C16H30N2O5Si. The van der Waals surface area contributed by atoms with Crippen LogP contribution in [0.15, 0.2) is 12.2 Å². The van der Waals surface area contributed by atoms with Gasteiger partial charge in [-0.05, 0) is 33.7 Å². The van der Waals surface area contributed by atoms with Gasteiger partial charge in [0.2, 0.25) is 5.91 Å². The van der Waals surface area contributed by atoms with E-state index in [2.05, 4.69) is 11.9 Å². The fourth-order valence-corrected chi connectivity index (χ4v) is 5.24. The Morgan fingerprint density at radius 1 is 1.08 bits per heavy atom. The second-order valence-corrected chi connectivity index (χ2v) is 8.20. The molecule has 1 saturated heterocycles. The third-order valence-electron chi connectivity index (χ3n) is 3.65. The first-order valence-electron chi connectivity index (χ1n) is 8.64. The zero-order valence-corrected chi connectivity index (χ0v) is 16.1. The van der Waals surface area contributed by atoms with E-state index in [0.717, 1.165) is 19.0 Å². The molecule has 0 spiro atoms. The largest absolute Gasteiger partial charge is 0.500 e. The molecule has 1 N–H and O–H groups in total. The van der Waals surface area contributed by atoms with Gasteiger partial charge in [-0.15, -0.1) is 0 Å². The van der Waals surface area contributed by atoms with E-state index in [4.69, 9.17) is 13.3 Å². The number of hydrogen-bond donors (Lipinski definition) is 1. The summed E-state index contributed by atoms with van der Waals surface area (Å²) in [6.45, 7) is 12.8. The summed E-state index contributed by atoms with van der Waals surface area (Å²) in [6.07, 6.45) is 0.991. The van der Waals surface area contributed by atoms with Crippen molar-refractivity contribution in [1.29, 1.82) is 0 Å². The van der Waals surface area contributed by atoms with Gasteiger partial charge in [0, 0.05) is 44.5 Å².